The molecule has 2 fully saturated rings. The lowest BCUT2D eigenvalue weighted by Gasteiger charge is -2.27. The molecule has 0 bridgehead atoms. The molecule has 2 N–H and O–H groups in total. The van der Waals surface area contributed by atoms with E-state index in [-0.39, 0.29) is 42.8 Å². The van der Waals surface area contributed by atoms with Gasteiger partial charge in [-0.3, -0.25) is 9.59 Å². The fraction of sp³-hybridized carbons (Fsp3) is 0.600. The van der Waals surface area contributed by atoms with Crippen LogP contribution in [0.4, 0.5) is 17.6 Å². The second-order valence-corrected chi connectivity index (χ2v) is 8.41. The number of fused-ring (bicyclic) bond motifs is 1. The third-order valence-electron chi connectivity index (χ3n) is 5.67. The number of nitrogens with zero attached hydrogens (tertiary/aromatic N) is 2. The number of hydrogen-bond donors (Lipinski definition) is 1. The molecule has 160 valence electrons. The number of halogens is 4. The van der Waals surface area contributed by atoms with E-state index in [1.165, 1.54) is 18.7 Å². The Morgan fingerprint density at radius 1 is 1.17 bits per heavy atom. The largest absolute Gasteiger partial charge is 0.338 e. The third kappa shape index (κ3) is 4.55. The molecule has 0 aliphatic carbocycles. The van der Waals surface area contributed by atoms with E-state index >= 15 is 0 Å². The molecule has 1 aromatic rings. The number of amides is 2. The van der Waals surface area contributed by atoms with E-state index < -0.39 is 35.1 Å². The molecule has 2 saturated heterocycles. The van der Waals surface area contributed by atoms with Crippen molar-refractivity contribution < 1.29 is 27.2 Å². The predicted octanol–water partition coefficient (Wildman–Crippen LogP) is 2.17. The summed E-state index contributed by atoms with van der Waals surface area (Å²) in [6, 6.07) is 0.242. The highest BCUT2D eigenvalue weighted by Gasteiger charge is 2.47. The van der Waals surface area contributed by atoms with Gasteiger partial charge in [0.2, 0.25) is 5.91 Å². The highest BCUT2D eigenvalue weighted by Crippen LogP contribution is 2.33. The first kappa shape index (κ1) is 21.5. The summed E-state index contributed by atoms with van der Waals surface area (Å²) in [7, 11) is 0. The van der Waals surface area contributed by atoms with Gasteiger partial charge in [0.1, 0.15) is 5.82 Å². The molecule has 2 aliphatic rings. The van der Waals surface area contributed by atoms with E-state index in [0.29, 0.717) is 25.6 Å². The van der Waals surface area contributed by atoms with Crippen molar-refractivity contribution in [2.75, 3.05) is 19.6 Å². The van der Waals surface area contributed by atoms with Gasteiger partial charge in [0, 0.05) is 44.1 Å². The fourth-order valence-electron chi connectivity index (χ4n) is 4.23. The van der Waals surface area contributed by atoms with Crippen molar-refractivity contribution in [3.63, 3.8) is 0 Å². The van der Waals surface area contributed by atoms with Crippen LogP contribution in [0.25, 0.3) is 0 Å². The Kier molecular flexibility index (Phi) is 5.89. The van der Waals surface area contributed by atoms with Gasteiger partial charge in [-0.05, 0) is 38.3 Å². The Labute approximate surface area is 166 Å². The molecule has 0 unspecified atom stereocenters. The van der Waals surface area contributed by atoms with Crippen LogP contribution in [0, 0.1) is 23.4 Å². The van der Waals surface area contributed by atoms with E-state index in [1.54, 1.807) is 4.90 Å². The van der Waals surface area contributed by atoms with Crippen LogP contribution in [0.2, 0.25) is 0 Å². The van der Waals surface area contributed by atoms with Crippen molar-refractivity contribution in [3.8, 4) is 0 Å². The monoisotopic (exact) mass is 415 g/mol. The molecular weight excluding hydrogens is 390 g/mol. The van der Waals surface area contributed by atoms with E-state index in [2.05, 4.69) is 0 Å². The van der Waals surface area contributed by atoms with Gasteiger partial charge in [0.15, 0.2) is 17.3 Å². The maximum atomic E-state index is 14.0. The number of carbonyl (C=O) groups is 2. The normalized spacial score (nSPS) is 22.7. The average Bonchev–Trinajstić information content (AvgIpc) is 3.18. The molecule has 0 spiro atoms. The predicted molar refractivity (Wildman–Crippen MR) is 98.0 cm³/mol. The van der Waals surface area contributed by atoms with Crippen LogP contribution in [-0.4, -0.2) is 59.0 Å². The number of nitrogens with two attached hydrogens (primary N) is 1. The van der Waals surface area contributed by atoms with Crippen LogP contribution in [0.3, 0.4) is 0 Å². The first-order valence-electron chi connectivity index (χ1n) is 9.64. The summed E-state index contributed by atoms with van der Waals surface area (Å²) in [5.41, 5.74) is 3.90. The van der Waals surface area contributed by atoms with Crippen LogP contribution in [0.5, 0.6) is 0 Å². The lowest BCUT2D eigenvalue weighted by atomic mass is 10.0. The highest BCUT2D eigenvalue weighted by molar-refractivity contribution is 5.85. The molecule has 9 heteroatoms. The van der Waals surface area contributed by atoms with Crippen molar-refractivity contribution in [1.29, 1.82) is 0 Å². The zero-order valence-corrected chi connectivity index (χ0v) is 16.4. The van der Waals surface area contributed by atoms with Crippen LogP contribution in [0.1, 0.15) is 32.3 Å². The van der Waals surface area contributed by atoms with Crippen molar-refractivity contribution in [3.05, 3.63) is 35.1 Å². The summed E-state index contributed by atoms with van der Waals surface area (Å²) in [6.07, 6.45) is 0.501. The van der Waals surface area contributed by atoms with E-state index in [4.69, 9.17) is 5.73 Å². The van der Waals surface area contributed by atoms with Crippen molar-refractivity contribution in [2.45, 2.75) is 50.9 Å². The maximum Gasteiger partial charge on any atom is 0.259 e. The second kappa shape index (κ2) is 7.93. The van der Waals surface area contributed by atoms with Crippen molar-refractivity contribution in [2.24, 2.45) is 11.7 Å². The zero-order valence-electron chi connectivity index (χ0n) is 16.4. The van der Waals surface area contributed by atoms with Gasteiger partial charge >= 0.3 is 0 Å². The molecule has 2 heterocycles. The second-order valence-electron chi connectivity index (χ2n) is 8.41. The summed E-state index contributed by atoms with van der Waals surface area (Å²) in [4.78, 5) is 28.0. The summed E-state index contributed by atoms with van der Waals surface area (Å²) in [6.45, 7) is 3.62. The summed E-state index contributed by atoms with van der Waals surface area (Å²) < 4.78 is 54.1. The molecule has 2 amide bonds. The molecule has 1 aromatic carbocycles. The number of benzene rings is 1. The SMILES string of the molecule is CC(C)(F)C(=O)N1C[C@@H]2CCN(C(=O)C[C@H](N)Cc3cc(F)c(F)cc3F)[C@@H]2C1. The van der Waals surface area contributed by atoms with Gasteiger partial charge in [0.25, 0.3) is 5.91 Å². The number of hydrogen-bond acceptors (Lipinski definition) is 3. The topological polar surface area (TPSA) is 66.6 Å². The highest BCUT2D eigenvalue weighted by atomic mass is 19.2. The van der Waals surface area contributed by atoms with E-state index in [1.807, 2.05) is 0 Å². The minimum Gasteiger partial charge on any atom is -0.338 e. The number of rotatable bonds is 5. The number of carbonyl (C=O) groups excluding carboxylic acids is 2. The molecule has 0 radical (unpaired) electrons. The van der Waals surface area contributed by atoms with E-state index in [0.717, 1.165) is 6.07 Å². The van der Waals surface area contributed by atoms with Crippen LogP contribution in [0.15, 0.2) is 12.1 Å². The van der Waals surface area contributed by atoms with E-state index in [9.17, 15) is 27.2 Å². The standard InChI is InChI=1S/C20H25F4N3O2/c1-20(2,24)19(29)26-9-11-3-4-27(17(11)10-26)18(28)7-13(25)5-12-6-15(22)16(23)8-14(12)21/h6,8,11,13,17H,3-5,7,9-10,25H2,1-2H3/t11-,13+,17+/m0/s1. The Morgan fingerprint density at radius 3 is 2.48 bits per heavy atom. The molecule has 3 rings (SSSR count). The molecule has 2 aliphatic heterocycles. The minimum atomic E-state index is -1.97. The van der Waals surface area contributed by atoms with Crippen molar-refractivity contribution >= 4 is 11.8 Å². The molecule has 3 atom stereocenters. The molecular formula is C20H25F4N3O2. The fourth-order valence-corrected chi connectivity index (χ4v) is 4.23. The van der Waals surface area contributed by atoms with Gasteiger partial charge in [-0.2, -0.15) is 0 Å². The average molecular weight is 415 g/mol. The molecule has 0 saturated carbocycles. The Hall–Kier alpha value is -2.16. The summed E-state index contributed by atoms with van der Waals surface area (Å²) >= 11 is 0. The number of likely N-dealkylation sites (tertiary alicyclic amines) is 2. The minimum absolute atomic E-state index is 0.0881. The third-order valence-corrected chi connectivity index (χ3v) is 5.67. The Balaban J connectivity index is 1.60. The lowest BCUT2D eigenvalue weighted by Crippen LogP contribution is -2.45. The van der Waals surface area contributed by atoms with Crippen LogP contribution < -0.4 is 5.73 Å². The van der Waals surface area contributed by atoms with Gasteiger partial charge in [0.05, 0.1) is 6.04 Å². The summed E-state index contributed by atoms with van der Waals surface area (Å²) in [5.74, 6) is -4.12. The first-order chi connectivity index (χ1) is 13.5. The Bertz CT molecular complexity index is 812. The molecule has 5 nitrogen and oxygen atoms in total. The lowest BCUT2D eigenvalue weighted by molar-refractivity contribution is -0.142. The molecule has 0 aromatic heterocycles. The van der Waals surface area contributed by atoms with Crippen molar-refractivity contribution in [1.82, 2.24) is 9.80 Å². The van der Waals surface area contributed by atoms with Crippen LogP contribution >= 0.6 is 0 Å². The van der Waals surface area contributed by atoms with Gasteiger partial charge in [-0.15, -0.1) is 0 Å². The number of alkyl halides is 1. The Morgan fingerprint density at radius 2 is 1.83 bits per heavy atom. The van der Waals surface area contributed by atoms with Gasteiger partial charge < -0.3 is 15.5 Å². The summed E-state index contributed by atoms with van der Waals surface area (Å²) in [5, 5.41) is 0. The smallest absolute Gasteiger partial charge is 0.259 e. The van der Waals surface area contributed by atoms with Crippen LogP contribution in [-0.2, 0) is 16.0 Å². The molecule has 29 heavy (non-hydrogen) atoms. The quantitative estimate of drug-likeness (QED) is 0.592. The maximum absolute atomic E-state index is 14.0. The zero-order chi connectivity index (χ0) is 21.5. The first-order valence-corrected chi connectivity index (χ1v) is 9.64. The van der Waals surface area contributed by atoms with Gasteiger partial charge in [-0.1, -0.05) is 0 Å². The van der Waals surface area contributed by atoms with Gasteiger partial charge in [-0.25, -0.2) is 17.6 Å².